The summed E-state index contributed by atoms with van der Waals surface area (Å²) < 4.78 is 0. The average molecular weight is 375 g/mol. The molecule has 2 N–H and O–H groups in total. The minimum atomic E-state index is -1.05. The van der Waals surface area contributed by atoms with Crippen LogP contribution in [-0.4, -0.2) is 26.0 Å². The van der Waals surface area contributed by atoms with Crippen LogP contribution in [0.2, 0.25) is 5.02 Å². The molecule has 0 spiro atoms. The highest BCUT2D eigenvalue weighted by Crippen LogP contribution is 2.28. The number of nitrogens with zero attached hydrogens (tertiary/aromatic N) is 3. The molecule has 0 amide bonds. The third-order valence-corrected chi connectivity index (χ3v) is 4.91. The smallest absolute Gasteiger partial charge is 0.337 e. The number of hydrogen-bond acceptors (Lipinski definition) is 6. The molecule has 0 fully saturated rings. The number of anilines is 1. The summed E-state index contributed by atoms with van der Waals surface area (Å²) in [6.07, 6.45) is 1.69. The van der Waals surface area contributed by atoms with Crippen LogP contribution in [0.3, 0.4) is 0 Å². The Morgan fingerprint density at radius 3 is 2.72 bits per heavy atom. The molecule has 0 bridgehead atoms. The van der Waals surface area contributed by atoms with Crippen LogP contribution in [0.4, 0.5) is 5.95 Å². The molecule has 1 aromatic carbocycles. The quantitative estimate of drug-likeness (QED) is 0.696. The van der Waals surface area contributed by atoms with Crippen molar-refractivity contribution in [1.82, 2.24) is 15.0 Å². The normalized spacial score (nSPS) is 10.7. The van der Waals surface area contributed by atoms with Crippen LogP contribution in [0, 0.1) is 13.8 Å². The van der Waals surface area contributed by atoms with Crippen LogP contribution in [-0.2, 0) is 6.54 Å². The molecule has 3 rings (SSSR count). The van der Waals surface area contributed by atoms with E-state index in [1.54, 1.807) is 29.7 Å². The van der Waals surface area contributed by atoms with E-state index in [9.17, 15) is 4.79 Å². The molecule has 0 aliphatic heterocycles. The van der Waals surface area contributed by atoms with Gasteiger partial charge < -0.3 is 10.4 Å². The Balaban J connectivity index is 1.76. The van der Waals surface area contributed by atoms with E-state index in [4.69, 9.17) is 16.7 Å². The van der Waals surface area contributed by atoms with E-state index in [0.717, 1.165) is 26.8 Å². The Kier molecular flexibility index (Phi) is 4.96. The molecule has 8 heteroatoms. The highest BCUT2D eigenvalue weighted by Gasteiger charge is 2.11. The minimum absolute atomic E-state index is 0.0831. The summed E-state index contributed by atoms with van der Waals surface area (Å²) in [5.41, 5.74) is 2.69. The van der Waals surface area contributed by atoms with E-state index in [-0.39, 0.29) is 10.6 Å². The minimum Gasteiger partial charge on any atom is -0.478 e. The van der Waals surface area contributed by atoms with Crippen LogP contribution in [0.25, 0.3) is 10.6 Å². The standard InChI is InChI=1S/C17H15ClN4O2S/c1-9-15(25-10(2)21-9)14-5-6-19-17(22-14)20-8-11-3-4-12(16(23)24)13(18)7-11/h3-7H,8H2,1-2H3,(H,23,24)(H,19,20,22). The molecule has 0 atom stereocenters. The van der Waals surface area contributed by atoms with E-state index < -0.39 is 5.97 Å². The predicted molar refractivity (Wildman–Crippen MR) is 98.4 cm³/mol. The van der Waals surface area contributed by atoms with Gasteiger partial charge in [0.05, 0.1) is 31.9 Å². The van der Waals surface area contributed by atoms with Gasteiger partial charge in [-0.15, -0.1) is 11.3 Å². The van der Waals surface area contributed by atoms with Crippen molar-refractivity contribution in [2.45, 2.75) is 20.4 Å². The molecule has 0 saturated heterocycles. The monoisotopic (exact) mass is 374 g/mol. The Morgan fingerprint density at radius 2 is 2.08 bits per heavy atom. The lowest BCUT2D eigenvalue weighted by Crippen LogP contribution is -2.05. The number of carbonyl (C=O) groups is 1. The van der Waals surface area contributed by atoms with Gasteiger partial charge >= 0.3 is 5.97 Å². The van der Waals surface area contributed by atoms with Gasteiger partial charge in [0.25, 0.3) is 0 Å². The number of carboxylic acids is 1. The molecule has 25 heavy (non-hydrogen) atoms. The zero-order valence-corrected chi connectivity index (χ0v) is 15.1. The Labute approximate surface area is 153 Å². The number of hydrogen-bond donors (Lipinski definition) is 2. The Morgan fingerprint density at radius 1 is 1.28 bits per heavy atom. The van der Waals surface area contributed by atoms with Gasteiger partial charge in [0.2, 0.25) is 5.95 Å². The molecule has 0 unspecified atom stereocenters. The average Bonchev–Trinajstić information content (AvgIpc) is 2.91. The van der Waals surface area contributed by atoms with E-state index in [1.165, 1.54) is 6.07 Å². The van der Waals surface area contributed by atoms with Crippen molar-refractivity contribution in [1.29, 1.82) is 0 Å². The van der Waals surface area contributed by atoms with Gasteiger partial charge in [0, 0.05) is 12.7 Å². The maximum atomic E-state index is 11.0. The third-order valence-electron chi connectivity index (χ3n) is 3.51. The number of aryl methyl sites for hydroxylation is 2. The summed E-state index contributed by atoms with van der Waals surface area (Å²) in [4.78, 5) is 25.2. The molecule has 0 aliphatic rings. The lowest BCUT2D eigenvalue weighted by atomic mass is 10.1. The van der Waals surface area contributed by atoms with E-state index in [0.29, 0.717) is 12.5 Å². The van der Waals surface area contributed by atoms with Gasteiger partial charge in [-0.25, -0.2) is 19.7 Å². The summed E-state index contributed by atoms with van der Waals surface area (Å²) in [6, 6.07) is 6.67. The van der Waals surface area contributed by atoms with Crippen molar-refractivity contribution in [3.05, 3.63) is 57.3 Å². The molecule has 2 heterocycles. The Bertz CT molecular complexity index is 942. The molecular weight excluding hydrogens is 360 g/mol. The first-order valence-corrected chi connectivity index (χ1v) is 8.66. The second kappa shape index (κ2) is 7.16. The zero-order chi connectivity index (χ0) is 18.0. The molecule has 6 nitrogen and oxygen atoms in total. The van der Waals surface area contributed by atoms with Crippen molar-refractivity contribution < 1.29 is 9.90 Å². The van der Waals surface area contributed by atoms with Gasteiger partial charge in [-0.2, -0.15) is 0 Å². The van der Waals surface area contributed by atoms with Crippen molar-refractivity contribution in [3.8, 4) is 10.6 Å². The van der Waals surface area contributed by atoms with Gasteiger partial charge in [-0.3, -0.25) is 0 Å². The summed E-state index contributed by atoms with van der Waals surface area (Å²) in [6.45, 7) is 4.36. The predicted octanol–water partition coefficient (Wildman–Crippen LogP) is 4.18. The molecule has 3 aromatic rings. The van der Waals surface area contributed by atoms with Crippen LogP contribution >= 0.6 is 22.9 Å². The van der Waals surface area contributed by atoms with E-state index >= 15 is 0 Å². The summed E-state index contributed by atoms with van der Waals surface area (Å²) in [5.74, 6) is -0.558. The largest absolute Gasteiger partial charge is 0.478 e. The first-order chi connectivity index (χ1) is 11.9. The fourth-order valence-corrected chi connectivity index (χ4v) is 3.54. The lowest BCUT2D eigenvalue weighted by Gasteiger charge is -2.07. The fourth-order valence-electron chi connectivity index (χ4n) is 2.36. The van der Waals surface area contributed by atoms with Crippen molar-refractivity contribution in [2.24, 2.45) is 0 Å². The summed E-state index contributed by atoms with van der Waals surface area (Å²) in [5, 5.41) is 13.3. The fraction of sp³-hybridized carbons (Fsp3) is 0.176. The first-order valence-electron chi connectivity index (χ1n) is 7.47. The number of aromatic nitrogens is 3. The van der Waals surface area contributed by atoms with Crippen LogP contribution in [0.5, 0.6) is 0 Å². The van der Waals surface area contributed by atoms with Crippen molar-refractivity contribution in [2.75, 3.05) is 5.32 Å². The van der Waals surface area contributed by atoms with Crippen molar-refractivity contribution in [3.63, 3.8) is 0 Å². The van der Waals surface area contributed by atoms with Crippen LogP contribution < -0.4 is 5.32 Å². The summed E-state index contributed by atoms with van der Waals surface area (Å²) >= 11 is 7.58. The third kappa shape index (κ3) is 3.94. The molecule has 128 valence electrons. The highest BCUT2D eigenvalue weighted by atomic mass is 35.5. The molecule has 0 saturated carbocycles. The second-order valence-corrected chi connectivity index (χ2v) is 7.00. The maximum Gasteiger partial charge on any atom is 0.337 e. The molecule has 0 aliphatic carbocycles. The topological polar surface area (TPSA) is 88.0 Å². The Hall–Kier alpha value is -2.51. The molecule has 0 radical (unpaired) electrons. The van der Waals surface area contributed by atoms with Crippen LogP contribution in [0.15, 0.2) is 30.5 Å². The van der Waals surface area contributed by atoms with E-state index in [2.05, 4.69) is 20.3 Å². The second-order valence-electron chi connectivity index (χ2n) is 5.39. The number of halogens is 1. The first kappa shape index (κ1) is 17.3. The van der Waals surface area contributed by atoms with Crippen molar-refractivity contribution >= 4 is 34.9 Å². The SMILES string of the molecule is Cc1nc(C)c(-c2ccnc(NCc3ccc(C(=O)O)c(Cl)c3)n2)s1. The molecule has 2 aromatic heterocycles. The maximum absolute atomic E-state index is 11.0. The number of aromatic carboxylic acids is 1. The van der Waals surface area contributed by atoms with Crippen LogP contribution in [0.1, 0.15) is 26.6 Å². The lowest BCUT2D eigenvalue weighted by molar-refractivity contribution is 0.0697. The summed E-state index contributed by atoms with van der Waals surface area (Å²) in [7, 11) is 0. The zero-order valence-electron chi connectivity index (χ0n) is 13.6. The highest BCUT2D eigenvalue weighted by molar-refractivity contribution is 7.15. The number of thiazole rings is 1. The van der Waals surface area contributed by atoms with Gasteiger partial charge in [-0.05, 0) is 37.6 Å². The number of nitrogens with one attached hydrogen (secondary N) is 1. The molecular formula is C17H15ClN4O2S. The number of benzene rings is 1. The van der Waals surface area contributed by atoms with Gasteiger partial charge in [0.1, 0.15) is 0 Å². The number of rotatable bonds is 5. The number of carboxylic acid groups (broad SMARTS) is 1. The van der Waals surface area contributed by atoms with E-state index in [1.807, 2.05) is 19.9 Å². The van der Waals surface area contributed by atoms with Gasteiger partial charge in [0.15, 0.2) is 0 Å². The van der Waals surface area contributed by atoms with Gasteiger partial charge in [-0.1, -0.05) is 17.7 Å².